The Balaban J connectivity index is 2.05. The van der Waals surface area contributed by atoms with E-state index < -0.39 is 0 Å². The summed E-state index contributed by atoms with van der Waals surface area (Å²) in [6.07, 6.45) is 3.62. The molecule has 2 atom stereocenters. The summed E-state index contributed by atoms with van der Waals surface area (Å²) in [7, 11) is 0. The van der Waals surface area contributed by atoms with Crippen LogP contribution in [-0.4, -0.2) is 36.2 Å². The van der Waals surface area contributed by atoms with Gasteiger partial charge in [0.05, 0.1) is 17.7 Å². The summed E-state index contributed by atoms with van der Waals surface area (Å²) >= 11 is 0. The van der Waals surface area contributed by atoms with E-state index in [9.17, 15) is 4.79 Å². The van der Waals surface area contributed by atoms with Crippen molar-refractivity contribution in [3.05, 3.63) is 23.9 Å². The minimum Gasteiger partial charge on any atom is -0.376 e. The summed E-state index contributed by atoms with van der Waals surface area (Å²) in [5, 5.41) is 6.19. The summed E-state index contributed by atoms with van der Waals surface area (Å²) in [5.41, 5.74) is 0.593. The van der Waals surface area contributed by atoms with Gasteiger partial charge in [-0.1, -0.05) is 6.92 Å². The number of carbonyl (C=O) groups is 1. The third-order valence-corrected chi connectivity index (χ3v) is 3.29. The number of nitrogens with zero attached hydrogens (tertiary/aromatic N) is 1. The van der Waals surface area contributed by atoms with Gasteiger partial charge in [-0.2, -0.15) is 0 Å². The van der Waals surface area contributed by atoms with Crippen LogP contribution in [0.5, 0.6) is 0 Å². The maximum Gasteiger partial charge on any atom is 0.255 e. The standard InChI is InChI=1S/C14H21N3O2/c1-3-7-15-13-11(5-4-8-16-13)14(18)17-12-6-9-19-10(12)2/h4-5,8,10,12H,3,6-7,9H2,1-2H3,(H,15,16)(H,17,18). The molecule has 2 N–H and O–H groups in total. The number of hydrogen-bond donors (Lipinski definition) is 2. The second-order valence-electron chi connectivity index (χ2n) is 4.77. The van der Waals surface area contributed by atoms with Crippen molar-refractivity contribution in [3.63, 3.8) is 0 Å². The largest absolute Gasteiger partial charge is 0.376 e. The smallest absolute Gasteiger partial charge is 0.255 e. The number of nitrogens with one attached hydrogen (secondary N) is 2. The molecule has 104 valence electrons. The van der Waals surface area contributed by atoms with Crippen LogP contribution in [-0.2, 0) is 4.74 Å². The number of rotatable bonds is 5. The number of anilines is 1. The average molecular weight is 263 g/mol. The van der Waals surface area contributed by atoms with Gasteiger partial charge in [0.15, 0.2) is 0 Å². The van der Waals surface area contributed by atoms with Gasteiger partial charge in [0.25, 0.3) is 5.91 Å². The van der Waals surface area contributed by atoms with E-state index in [1.165, 1.54) is 0 Å². The number of aromatic nitrogens is 1. The molecule has 1 fully saturated rings. The van der Waals surface area contributed by atoms with Crippen LogP contribution >= 0.6 is 0 Å². The molecule has 0 saturated carbocycles. The lowest BCUT2D eigenvalue weighted by atomic mass is 10.1. The molecular weight excluding hydrogens is 242 g/mol. The van der Waals surface area contributed by atoms with Crippen molar-refractivity contribution in [3.8, 4) is 0 Å². The highest BCUT2D eigenvalue weighted by molar-refractivity contribution is 5.98. The lowest BCUT2D eigenvalue weighted by Gasteiger charge is -2.17. The first-order valence-corrected chi connectivity index (χ1v) is 6.83. The van der Waals surface area contributed by atoms with Crippen molar-refractivity contribution in [2.24, 2.45) is 0 Å². The predicted octanol–water partition coefficient (Wildman–Crippen LogP) is 1.81. The molecule has 1 aliphatic heterocycles. The molecule has 5 heteroatoms. The number of amides is 1. The first kappa shape index (κ1) is 13.8. The van der Waals surface area contributed by atoms with Crippen LogP contribution in [0.2, 0.25) is 0 Å². The van der Waals surface area contributed by atoms with Crippen molar-refractivity contribution < 1.29 is 9.53 Å². The van der Waals surface area contributed by atoms with Crippen LogP contribution in [0, 0.1) is 0 Å². The summed E-state index contributed by atoms with van der Waals surface area (Å²) in [5.74, 6) is 0.558. The van der Waals surface area contributed by atoms with Crippen molar-refractivity contribution in [2.45, 2.75) is 38.8 Å². The quantitative estimate of drug-likeness (QED) is 0.850. The van der Waals surface area contributed by atoms with E-state index >= 15 is 0 Å². The highest BCUT2D eigenvalue weighted by atomic mass is 16.5. The zero-order chi connectivity index (χ0) is 13.7. The zero-order valence-electron chi connectivity index (χ0n) is 11.5. The molecule has 2 unspecified atom stereocenters. The van der Waals surface area contributed by atoms with Gasteiger partial charge < -0.3 is 15.4 Å². The van der Waals surface area contributed by atoms with Crippen LogP contribution < -0.4 is 10.6 Å². The molecule has 1 aliphatic rings. The molecule has 0 aliphatic carbocycles. The Morgan fingerprint density at radius 3 is 3.11 bits per heavy atom. The third-order valence-electron chi connectivity index (χ3n) is 3.29. The molecule has 0 radical (unpaired) electrons. The van der Waals surface area contributed by atoms with Gasteiger partial charge in [0, 0.05) is 19.3 Å². The van der Waals surface area contributed by atoms with Crippen LogP contribution in [0.15, 0.2) is 18.3 Å². The van der Waals surface area contributed by atoms with Gasteiger partial charge in [-0.25, -0.2) is 4.98 Å². The van der Waals surface area contributed by atoms with Crippen LogP contribution in [0.4, 0.5) is 5.82 Å². The lowest BCUT2D eigenvalue weighted by Crippen LogP contribution is -2.39. The molecule has 0 bridgehead atoms. The maximum absolute atomic E-state index is 12.3. The van der Waals surface area contributed by atoms with E-state index in [2.05, 4.69) is 22.5 Å². The fraction of sp³-hybridized carbons (Fsp3) is 0.571. The minimum absolute atomic E-state index is 0.0765. The van der Waals surface area contributed by atoms with Gasteiger partial charge in [-0.15, -0.1) is 0 Å². The van der Waals surface area contributed by atoms with E-state index in [0.717, 1.165) is 19.4 Å². The number of ether oxygens (including phenoxy) is 1. The second kappa shape index (κ2) is 6.52. The molecule has 19 heavy (non-hydrogen) atoms. The molecule has 1 aromatic rings. The Morgan fingerprint density at radius 1 is 1.58 bits per heavy atom. The minimum atomic E-state index is -0.0888. The SMILES string of the molecule is CCCNc1ncccc1C(=O)NC1CCOC1C. The molecule has 5 nitrogen and oxygen atoms in total. The maximum atomic E-state index is 12.3. The van der Waals surface area contributed by atoms with Crippen LogP contribution in [0.1, 0.15) is 37.0 Å². The summed E-state index contributed by atoms with van der Waals surface area (Å²) in [6, 6.07) is 3.66. The van der Waals surface area contributed by atoms with Crippen molar-refractivity contribution in [2.75, 3.05) is 18.5 Å². The monoisotopic (exact) mass is 263 g/mol. The second-order valence-corrected chi connectivity index (χ2v) is 4.77. The van der Waals surface area contributed by atoms with Gasteiger partial charge in [-0.3, -0.25) is 4.79 Å². The Labute approximate surface area is 113 Å². The summed E-state index contributed by atoms with van der Waals surface area (Å²) in [6.45, 7) is 5.57. The van der Waals surface area contributed by atoms with Crippen molar-refractivity contribution >= 4 is 11.7 Å². The van der Waals surface area contributed by atoms with E-state index in [4.69, 9.17) is 4.74 Å². The number of hydrogen-bond acceptors (Lipinski definition) is 4. The van der Waals surface area contributed by atoms with Crippen LogP contribution in [0.25, 0.3) is 0 Å². The Kier molecular flexibility index (Phi) is 4.74. The zero-order valence-corrected chi connectivity index (χ0v) is 11.5. The molecule has 1 saturated heterocycles. The molecular formula is C14H21N3O2. The molecule has 2 rings (SSSR count). The first-order chi connectivity index (χ1) is 9.22. The topological polar surface area (TPSA) is 63.2 Å². The van der Waals surface area contributed by atoms with E-state index in [-0.39, 0.29) is 18.1 Å². The Hall–Kier alpha value is -1.62. The molecule has 1 amide bonds. The molecule has 2 heterocycles. The van der Waals surface area contributed by atoms with Crippen molar-refractivity contribution in [1.29, 1.82) is 0 Å². The first-order valence-electron chi connectivity index (χ1n) is 6.83. The number of carbonyl (C=O) groups excluding carboxylic acids is 1. The Bertz CT molecular complexity index is 436. The Morgan fingerprint density at radius 2 is 2.42 bits per heavy atom. The van der Waals surface area contributed by atoms with Gasteiger partial charge in [0.2, 0.25) is 0 Å². The molecule has 1 aromatic heterocycles. The molecule has 0 spiro atoms. The highest BCUT2D eigenvalue weighted by Gasteiger charge is 2.26. The van der Waals surface area contributed by atoms with E-state index in [1.54, 1.807) is 18.3 Å². The summed E-state index contributed by atoms with van der Waals surface area (Å²) < 4.78 is 5.45. The molecule has 0 aromatic carbocycles. The average Bonchev–Trinajstić information content (AvgIpc) is 2.82. The van der Waals surface area contributed by atoms with Crippen LogP contribution in [0.3, 0.4) is 0 Å². The predicted molar refractivity (Wildman–Crippen MR) is 74.3 cm³/mol. The highest BCUT2D eigenvalue weighted by Crippen LogP contribution is 2.16. The van der Waals surface area contributed by atoms with Gasteiger partial charge >= 0.3 is 0 Å². The fourth-order valence-electron chi connectivity index (χ4n) is 2.14. The van der Waals surface area contributed by atoms with E-state index in [1.807, 2.05) is 6.92 Å². The van der Waals surface area contributed by atoms with Gasteiger partial charge in [0.1, 0.15) is 5.82 Å². The number of pyridine rings is 1. The fourth-order valence-corrected chi connectivity index (χ4v) is 2.14. The lowest BCUT2D eigenvalue weighted by molar-refractivity contribution is 0.0866. The third kappa shape index (κ3) is 3.44. The van der Waals surface area contributed by atoms with Crippen molar-refractivity contribution in [1.82, 2.24) is 10.3 Å². The normalized spacial score (nSPS) is 22.2. The van der Waals surface area contributed by atoms with Gasteiger partial charge in [-0.05, 0) is 31.9 Å². The van der Waals surface area contributed by atoms with E-state index in [0.29, 0.717) is 18.0 Å². The summed E-state index contributed by atoms with van der Waals surface area (Å²) in [4.78, 5) is 16.5.